The molecule has 0 aliphatic heterocycles. The number of nitrogens with one attached hydrogen (secondary N) is 1. The molecule has 0 bridgehead atoms. The van der Waals surface area contributed by atoms with Crippen LogP contribution in [0.1, 0.15) is 50.3 Å². The predicted octanol–water partition coefficient (Wildman–Crippen LogP) is 4.13. The first-order chi connectivity index (χ1) is 9.54. The van der Waals surface area contributed by atoms with Gasteiger partial charge in [0.25, 0.3) is 6.43 Å². The van der Waals surface area contributed by atoms with Gasteiger partial charge in [0.2, 0.25) is 0 Å². The second kappa shape index (κ2) is 9.03. The Morgan fingerprint density at radius 3 is 2.15 bits per heavy atom. The lowest BCUT2D eigenvalue weighted by molar-refractivity contribution is 0.00921. The summed E-state index contributed by atoms with van der Waals surface area (Å²) in [5.74, 6) is 0.487. The van der Waals surface area contributed by atoms with Crippen LogP contribution < -0.4 is 5.32 Å². The van der Waals surface area contributed by atoms with Crippen molar-refractivity contribution in [2.75, 3.05) is 19.8 Å². The van der Waals surface area contributed by atoms with Gasteiger partial charge in [-0.1, -0.05) is 45.0 Å². The quantitative estimate of drug-likeness (QED) is 0.736. The summed E-state index contributed by atoms with van der Waals surface area (Å²) in [7, 11) is 0. The first-order valence-corrected chi connectivity index (χ1v) is 7.23. The number of alkyl halides is 2. The Kier molecular flexibility index (Phi) is 7.70. The molecule has 1 atom stereocenters. The lowest BCUT2D eigenvalue weighted by Gasteiger charge is -2.20. The molecule has 0 spiro atoms. The maximum Gasteiger partial charge on any atom is 0.261 e. The van der Waals surface area contributed by atoms with E-state index in [1.807, 2.05) is 12.1 Å². The van der Waals surface area contributed by atoms with Gasteiger partial charge in [0.15, 0.2) is 0 Å². The highest BCUT2D eigenvalue weighted by Crippen LogP contribution is 2.19. The second-order valence-electron chi connectivity index (χ2n) is 5.26. The molecular weight excluding hydrogens is 260 g/mol. The molecule has 0 aromatic heterocycles. The Balaban J connectivity index is 2.65. The molecule has 1 aromatic carbocycles. The van der Waals surface area contributed by atoms with Crippen LogP contribution in [0.2, 0.25) is 0 Å². The van der Waals surface area contributed by atoms with Crippen LogP contribution >= 0.6 is 0 Å². The molecule has 1 unspecified atom stereocenters. The predicted molar refractivity (Wildman–Crippen MR) is 78.4 cm³/mol. The summed E-state index contributed by atoms with van der Waals surface area (Å²) in [6.07, 6.45) is -1.42. The summed E-state index contributed by atoms with van der Waals surface area (Å²) >= 11 is 0. The second-order valence-corrected chi connectivity index (χ2v) is 5.26. The molecule has 0 saturated carbocycles. The minimum Gasteiger partial charge on any atom is -0.374 e. The summed E-state index contributed by atoms with van der Waals surface area (Å²) in [6.45, 7) is 6.97. The topological polar surface area (TPSA) is 21.3 Å². The number of hydrogen-bond donors (Lipinski definition) is 1. The average Bonchev–Trinajstić information content (AvgIpc) is 2.42. The summed E-state index contributed by atoms with van der Waals surface area (Å²) in [5.41, 5.74) is 2.36. The highest BCUT2D eigenvalue weighted by atomic mass is 19.3. The van der Waals surface area contributed by atoms with Gasteiger partial charge in [-0.2, -0.15) is 0 Å². The largest absolute Gasteiger partial charge is 0.374 e. The Hall–Kier alpha value is -1.00. The Morgan fingerprint density at radius 1 is 1.05 bits per heavy atom. The minimum atomic E-state index is -2.41. The molecular formula is C16H25F2NO. The van der Waals surface area contributed by atoms with Gasteiger partial charge in [0.1, 0.15) is 6.61 Å². The fourth-order valence-corrected chi connectivity index (χ4v) is 1.98. The summed E-state index contributed by atoms with van der Waals surface area (Å²) in [5, 5.41) is 3.34. The van der Waals surface area contributed by atoms with E-state index >= 15 is 0 Å². The van der Waals surface area contributed by atoms with E-state index in [1.54, 1.807) is 0 Å². The Labute approximate surface area is 120 Å². The summed E-state index contributed by atoms with van der Waals surface area (Å²) < 4.78 is 29.3. The van der Waals surface area contributed by atoms with Crippen molar-refractivity contribution in [1.82, 2.24) is 5.32 Å². The monoisotopic (exact) mass is 285 g/mol. The van der Waals surface area contributed by atoms with Crippen LogP contribution in [0, 0.1) is 0 Å². The van der Waals surface area contributed by atoms with E-state index in [0.717, 1.165) is 18.5 Å². The number of halogens is 2. The van der Waals surface area contributed by atoms with Crippen molar-refractivity contribution in [2.24, 2.45) is 0 Å². The van der Waals surface area contributed by atoms with E-state index in [1.165, 1.54) is 5.56 Å². The minimum absolute atomic E-state index is 0.0325. The molecule has 1 rings (SSSR count). The van der Waals surface area contributed by atoms with Gasteiger partial charge in [-0.05, 0) is 30.0 Å². The van der Waals surface area contributed by atoms with Crippen LogP contribution in [0.25, 0.3) is 0 Å². The molecule has 2 nitrogen and oxygen atoms in total. The van der Waals surface area contributed by atoms with Crippen LogP contribution in [0.4, 0.5) is 8.78 Å². The van der Waals surface area contributed by atoms with Crippen molar-refractivity contribution in [1.29, 1.82) is 0 Å². The molecule has 0 radical (unpaired) electrons. The molecule has 0 aliphatic rings. The number of rotatable bonds is 9. The van der Waals surface area contributed by atoms with Crippen LogP contribution in [-0.4, -0.2) is 26.2 Å². The smallest absolute Gasteiger partial charge is 0.261 e. The van der Waals surface area contributed by atoms with Gasteiger partial charge in [0, 0.05) is 0 Å². The molecule has 0 saturated heterocycles. The van der Waals surface area contributed by atoms with Gasteiger partial charge in [-0.15, -0.1) is 0 Å². The number of ether oxygens (including phenoxy) is 1. The van der Waals surface area contributed by atoms with Crippen molar-refractivity contribution in [3.8, 4) is 0 Å². The highest BCUT2D eigenvalue weighted by Gasteiger charge is 2.13. The molecule has 0 amide bonds. The highest BCUT2D eigenvalue weighted by molar-refractivity contribution is 5.27. The van der Waals surface area contributed by atoms with Crippen molar-refractivity contribution >= 4 is 0 Å². The Morgan fingerprint density at radius 2 is 1.65 bits per heavy atom. The normalized spacial score (nSPS) is 13.2. The van der Waals surface area contributed by atoms with Crippen LogP contribution in [0.3, 0.4) is 0 Å². The summed E-state index contributed by atoms with van der Waals surface area (Å²) in [6, 6.07) is 8.25. The van der Waals surface area contributed by atoms with Gasteiger partial charge < -0.3 is 10.1 Å². The lowest BCUT2D eigenvalue weighted by Crippen LogP contribution is -2.27. The molecule has 0 aliphatic carbocycles. The summed E-state index contributed by atoms with van der Waals surface area (Å²) in [4.78, 5) is 0. The van der Waals surface area contributed by atoms with E-state index in [0.29, 0.717) is 5.92 Å². The zero-order valence-electron chi connectivity index (χ0n) is 12.5. The molecule has 20 heavy (non-hydrogen) atoms. The average molecular weight is 285 g/mol. The van der Waals surface area contributed by atoms with Gasteiger partial charge in [-0.3, -0.25) is 0 Å². The lowest BCUT2D eigenvalue weighted by atomic mass is 9.99. The maximum atomic E-state index is 12.1. The van der Waals surface area contributed by atoms with Crippen LogP contribution in [0.15, 0.2) is 24.3 Å². The van der Waals surface area contributed by atoms with E-state index in [9.17, 15) is 8.78 Å². The zero-order chi connectivity index (χ0) is 15.0. The van der Waals surface area contributed by atoms with Crippen molar-refractivity contribution in [3.63, 3.8) is 0 Å². The standard InChI is InChI=1S/C16H25F2NO/c1-4-9-19-15(10-20-11-16(17)18)14-7-5-13(6-8-14)12(2)3/h5-8,12,15-16,19H,4,9-11H2,1-3H3. The SMILES string of the molecule is CCCNC(COCC(F)F)c1ccc(C(C)C)cc1. The Bertz CT molecular complexity index is 365. The van der Waals surface area contributed by atoms with Crippen molar-refractivity contribution in [2.45, 2.75) is 45.6 Å². The molecule has 114 valence electrons. The number of benzene rings is 1. The van der Waals surface area contributed by atoms with E-state index in [4.69, 9.17) is 4.74 Å². The number of hydrogen-bond acceptors (Lipinski definition) is 2. The van der Waals surface area contributed by atoms with Gasteiger partial charge in [0.05, 0.1) is 12.6 Å². The van der Waals surface area contributed by atoms with Crippen molar-refractivity contribution < 1.29 is 13.5 Å². The van der Waals surface area contributed by atoms with Crippen molar-refractivity contribution in [3.05, 3.63) is 35.4 Å². The van der Waals surface area contributed by atoms with E-state index in [2.05, 4.69) is 38.2 Å². The molecule has 1 aromatic rings. The van der Waals surface area contributed by atoms with E-state index < -0.39 is 13.0 Å². The first kappa shape index (κ1) is 17.1. The van der Waals surface area contributed by atoms with Gasteiger partial charge in [-0.25, -0.2) is 8.78 Å². The zero-order valence-corrected chi connectivity index (χ0v) is 12.5. The van der Waals surface area contributed by atoms with Crippen LogP contribution in [0.5, 0.6) is 0 Å². The third kappa shape index (κ3) is 5.97. The molecule has 4 heteroatoms. The fraction of sp³-hybridized carbons (Fsp3) is 0.625. The molecule has 1 N–H and O–H groups in total. The third-order valence-corrected chi connectivity index (χ3v) is 3.17. The third-order valence-electron chi connectivity index (χ3n) is 3.17. The van der Waals surface area contributed by atoms with Gasteiger partial charge >= 0.3 is 0 Å². The first-order valence-electron chi connectivity index (χ1n) is 7.23. The molecule has 0 fully saturated rings. The maximum absolute atomic E-state index is 12.1. The van der Waals surface area contributed by atoms with Crippen LogP contribution in [-0.2, 0) is 4.74 Å². The fourth-order valence-electron chi connectivity index (χ4n) is 1.98. The van der Waals surface area contributed by atoms with E-state index in [-0.39, 0.29) is 12.6 Å². The molecule has 0 heterocycles.